The van der Waals surface area contributed by atoms with Gasteiger partial charge in [0.2, 0.25) is 0 Å². The second-order valence-electron chi connectivity index (χ2n) is 13.6. The van der Waals surface area contributed by atoms with E-state index in [1.165, 1.54) is 12.1 Å². The highest BCUT2D eigenvalue weighted by molar-refractivity contribution is 6.38. The van der Waals surface area contributed by atoms with Crippen LogP contribution in [0.1, 0.15) is 76.5 Å². The number of carbonyl (C=O) groups excluding carboxylic acids is 2. The molecule has 0 aliphatic carbocycles. The molecule has 1 atom stereocenters. The van der Waals surface area contributed by atoms with Crippen molar-refractivity contribution in [3.63, 3.8) is 0 Å². The molecular weight excluding hydrogens is 654 g/mol. The van der Waals surface area contributed by atoms with E-state index in [1.807, 2.05) is 56.3 Å². The summed E-state index contributed by atoms with van der Waals surface area (Å²) >= 11 is 0. The minimum Gasteiger partial charge on any atom is -0.478 e. The zero-order valence-electron chi connectivity index (χ0n) is 28.8. The van der Waals surface area contributed by atoms with Crippen LogP contribution >= 0.6 is 0 Å². The highest BCUT2D eigenvalue weighted by Gasteiger charge is 2.26. The molecular formula is C44H37NO7. The van der Waals surface area contributed by atoms with Gasteiger partial charge in [0.15, 0.2) is 5.78 Å². The predicted molar refractivity (Wildman–Crippen MR) is 203 cm³/mol. The standard InChI is InChI=1S/C44H37NO7/c1-24-5-3-7-26(21-24)9-10-28(46)23-37(47)33-15-11-29-32-14-18-36(44(51)52)41-34(42(48)45-20-19-27-8-4-6-25(2)22-27)16-12-30(39(32)41)31-13-17-35(43(49)50)40(33)38(29)31/h3-8,11-18,21-22,28,46H,9-10,19-20,23H2,1-2H3,(H,45,48)(H,49,50)(H,51,52). The molecule has 7 rings (SSSR count). The van der Waals surface area contributed by atoms with Crippen LogP contribution in [-0.2, 0) is 12.8 Å². The molecule has 0 aromatic heterocycles. The molecule has 1 amide bonds. The quantitative estimate of drug-likeness (QED) is 0.0574. The summed E-state index contributed by atoms with van der Waals surface area (Å²) < 4.78 is 0. The molecule has 0 aliphatic heterocycles. The largest absolute Gasteiger partial charge is 0.478 e. The molecule has 0 fully saturated rings. The first-order valence-electron chi connectivity index (χ1n) is 17.3. The van der Waals surface area contributed by atoms with Gasteiger partial charge >= 0.3 is 11.9 Å². The van der Waals surface area contributed by atoms with Gasteiger partial charge in [-0.25, -0.2) is 9.59 Å². The zero-order chi connectivity index (χ0) is 36.7. The Morgan fingerprint density at radius 3 is 1.54 bits per heavy atom. The minimum absolute atomic E-state index is 0.0299. The number of carboxylic acid groups (broad SMARTS) is 2. The smallest absolute Gasteiger partial charge is 0.336 e. The summed E-state index contributed by atoms with van der Waals surface area (Å²) in [5, 5.41) is 38.6. The molecule has 0 aliphatic rings. The summed E-state index contributed by atoms with van der Waals surface area (Å²) in [5.41, 5.74) is 4.69. The number of hydrogen-bond donors (Lipinski definition) is 4. The second kappa shape index (κ2) is 13.9. The number of aryl methyl sites for hydroxylation is 3. The van der Waals surface area contributed by atoms with E-state index in [0.717, 1.165) is 22.3 Å². The first-order chi connectivity index (χ1) is 25.0. The number of aliphatic hydroxyl groups excluding tert-OH is 1. The Balaban J connectivity index is 1.32. The minimum atomic E-state index is -1.20. The molecule has 260 valence electrons. The number of rotatable bonds is 12. The van der Waals surface area contributed by atoms with E-state index in [0.29, 0.717) is 58.1 Å². The van der Waals surface area contributed by atoms with E-state index in [-0.39, 0.29) is 45.2 Å². The average molecular weight is 692 g/mol. The number of aromatic carboxylic acids is 2. The van der Waals surface area contributed by atoms with Crippen LogP contribution in [0.2, 0.25) is 0 Å². The summed E-state index contributed by atoms with van der Waals surface area (Å²) in [6.45, 7) is 4.35. The molecule has 0 heterocycles. The molecule has 0 bridgehead atoms. The fourth-order valence-electron chi connectivity index (χ4n) is 7.58. The Morgan fingerprint density at radius 1 is 0.577 bits per heavy atom. The lowest BCUT2D eigenvalue weighted by Crippen LogP contribution is -2.26. The fourth-order valence-corrected chi connectivity index (χ4v) is 7.58. The maximum atomic E-state index is 13.8. The number of aliphatic hydroxyl groups is 1. The molecule has 7 aromatic carbocycles. The van der Waals surface area contributed by atoms with Gasteiger partial charge in [0.25, 0.3) is 5.91 Å². The molecule has 7 aromatic rings. The van der Waals surface area contributed by atoms with Gasteiger partial charge < -0.3 is 20.6 Å². The Kier molecular flexibility index (Phi) is 9.17. The Bertz CT molecular complexity index is 2550. The predicted octanol–water partition coefficient (Wildman–Crippen LogP) is 8.29. The van der Waals surface area contributed by atoms with Gasteiger partial charge in [0.05, 0.1) is 17.2 Å². The van der Waals surface area contributed by atoms with Crippen molar-refractivity contribution in [1.82, 2.24) is 5.32 Å². The third-order valence-corrected chi connectivity index (χ3v) is 9.96. The van der Waals surface area contributed by atoms with Crippen molar-refractivity contribution >= 4 is 66.7 Å². The molecule has 52 heavy (non-hydrogen) atoms. The summed E-state index contributed by atoms with van der Waals surface area (Å²) in [4.78, 5) is 52.8. The van der Waals surface area contributed by atoms with Crippen molar-refractivity contribution in [1.29, 1.82) is 0 Å². The molecule has 0 spiro atoms. The van der Waals surface area contributed by atoms with E-state index < -0.39 is 23.9 Å². The summed E-state index contributed by atoms with van der Waals surface area (Å²) in [6, 6.07) is 29.0. The lowest BCUT2D eigenvalue weighted by Gasteiger charge is -2.20. The first-order valence-corrected chi connectivity index (χ1v) is 17.3. The Hall–Kier alpha value is -6.12. The van der Waals surface area contributed by atoms with Crippen molar-refractivity contribution < 1.29 is 34.5 Å². The van der Waals surface area contributed by atoms with Crippen LogP contribution in [-0.4, -0.2) is 51.6 Å². The Morgan fingerprint density at radius 2 is 1.04 bits per heavy atom. The molecule has 8 heteroatoms. The maximum Gasteiger partial charge on any atom is 0.336 e. The van der Waals surface area contributed by atoms with E-state index in [1.54, 1.807) is 36.4 Å². The molecule has 4 N–H and O–H groups in total. The fraction of sp³-hybridized carbons (Fsp3) is 0.182. The normalized spacial score (nSPS) is 12.1. The number of fused-ring (bicyclic) bond motifs is 2. The third kappa shape index (κ3) is 6.33. The second-order valence-corrected chi connectivity index (χ2v) is 13.6. The molecule has 1 unspecified atom stereocenters. The monoisotopic (exact) mass is 691 g/mol. The summed E-state index contributed by atoms with van der Waals surface area (Å²) in [5.74, 6) is -3.17. The molecule has 0 saturated heterocycles. The van der Waals surface area contributed by atoms with Gasteiger partial charge in [-0.1, -0.05) is 90.0 Å². The Labute approximate surface area is 299 Å². The van der Waals surface area contributed by atoms with Crippen LogP contribution in [0.25, 0.3) is 43.1 Å². The van der Waals surface area contributed by atoms with E-state index in [4.69, 9.17) is 0 Å². The number of Topliss-reactive ketones (excluding diaryl/α,β-unsaturated/α-hetero) is 1. The van der Waals surface area contributed by atoms with E-state index >= 15 is 0 Å². The number of carbonyl (C=O) groups is 4. The first kappa shape index (κ1) is 34.3. The van der Waals surface area contributed by atoms with Crippen LogP contribution in [0, 0.1) is 13.8 Å². The lowest BCUT2D eigenvalue weighted by atomic mass is 9.83. The van der Waals surface area contributed by atoms with Crippen molar-refractivity contribution in [2.75, 3.05) is 6.54 Å². The van der Waals surface area contributed by atoms with Crippen LogP contribution in [0.5, 0.6) is 0 Å². The molecule has 8 nitrogen and oxygen atoms in total. The van der Waals surface area contributed by atoms with E-state index in [2.05, 4.69) is 11.4 Å². The molecule has 0 saturated carbocycles. The third-order valence-electron chi connectivity index (χ3n) is 9.96. The molecule has 0 radical (unpaired) electrons. The maximum absolute atomic E-state index is 13.8. The number of carboxylic acids is 2. The van der Waals surface area contributed by atoms with Crippen LogP contribution in [0.4, 0.5) is 0 Å². The van der Waals surface area contributed by atoms with Crippen LogP contribution < -0.4 is 5.32 Å². The SMILES string of the molecule is Cc1cccc(CCNC(=O)c2ccc3c4ccc(C(=O)O)c5c(C(=O)CC(O)CCc6cccc(C)c6)ccc(c6ccc(C(=O)O)c2c63)c54)c1. The summed E-state index contributed by atoms with van der Waals surface area (Å²) in [7, 11) is 0. The van der Waals surface area contributed by atoms with Crippen LogP contribution in [0.3, 0.4) is 0 Å². The number of ketones is 1. The van der Waals surface area contributed by atoms with Crippen molar-refractivity contribution in [3.05, 3.63) is 142 Å². The summed E-state index contributed by atoms with van der Waals surface area (Å²) in [6.07, 6.45) is 0.446. The van der Waals surface area contributed by atoms with Crippen LogP contribution in [0.15, 0.2) is 97.1 Å². The van der Waals surface area contributed by atoms with Crippen molar-refractivity contribution in [2.45, 2.75) is 45.6 Å². The number of benzene rings is 7. The van der Waals surface area contributed by atoms with Crippen molar-refractivity contribution in [3.8, 4) is 0 Å². The highest BCUT2D eigenvalue weighted by Crippen LogP contribution is 2.44. The number of nitrogens with one attached hydrogen (secondary N) is 1. The van der Waals surface area contributed by atoms with Gasteiger partial charge in [-0.05, 0) is 94.8 Å². The zero-order valence-corrected chi connectivity index (χ0v) is 28.8. The van der Waals surface area contributed by atoms with Gasteiger partial charge in [0, 0.05) is 34.9 Å². The van der Waals surface area contributed by atoms with Gasteiger partial charge in [-0.2, -0.15) is 0 Å². The average Bonchev–Trinajstić information content (AvgIpc) is 3.12. The van der Waals surface area contributed by atoms with Gasteiger partial charge in [0.1, 0.15) is 0 Å². The number of amides is 1. The van der Waals surface area contributed by atoms with Gasteiger partial charge in [-0.3, -0.25) is 9.59 Å². The lowest BCUT2D eigenvalue weighted by molar-refractivity contribution is 0.0688. The van der Waals surface area contributed by atoms with E-state index in [9.17, 15) is 34.5 Å². The topological polar surface area (TPSA) is 141 Å². The van der Waals surface area contributed by atoms with Gasteiger partial charge in [-0.15, -0.1) is 0 Å². The number of hydrogen-bond acceptors (Lipinski definition) is 5. The highest BCUT2D eigenvalue weighted by atomic mass is 16.4. The van der Waals surface area contributed by atoms with Crippen molar-refractivity contribution in [2.24, 2.45) is 0 Å².